The first kappa shape index (κ1) is 16.6. The predicted octanol–water partition coefficient (Wildman–Crippen LogP) is 2.86. The zero-order valence-corrected chi connectivity index (χ0v) is 13.0. The van der Waals surface area contributed by atoms with Gasteiger partial charge >= 0.3 is 5.97 Å². The lowest BCUT2D eigenvalue weighted by Gasteiger charge is -2.14. The number of nitrogens with one attached hydrogen (secondary N) is 1. The van der Waals surface area contributed by atoms with Gasteiger partial charge in [-0.05, 0) is 46.8 Å². The molecule has 0 fully saturated rings. The van der Waals surface area contributed by atoms with Gasteiger partial charge in [0.1, 0.15) is 4.60 Å². The average Bonchev–Trinajstić information content (AvgIpc) is 2.42. The van der Waals surface area contributed by atoms with Gasteiger partial charge in [-0.3, -0.25) is 9.59 Å². The number of carbonyl (C=O) groups excluding carboxylic acids is 1. The minimum atomic E-state index is -0.772. The fourth-order valence-corrected chi connectivity index (χ4v) is 2.35. The second kappa shape index (κ2) is 8.68. The summed E-state index contributed by atoms with van der Waals surface area (Å²) in [5.41, 5.74) is 0.506. The summed E-state index contributed by atoms with van der Waals surface area (Å²) >= 11 is 3.23. The second-order valence-electron chi connectivity index (χ2n) is 4.59. The Hall–Kier alpha value is -1.43. The van der Waals surface area contributed by atoms with Crippen LogP contribution >= 0.6 is 15.9 Å². The Morgan fingerprint density at radius 1 is 1.45 bits per heavy atom. The van der Waals surface area contributed by atoms with E-state index in [1.54, 1.807) is 18.3 Å². The van der Waals surface area contributed by atoms with Gasteiger partial charge in [-0.15, -0.1) is 0 Å². The van der Waals surface area contributed by atoms with Crippen LogP contribution in [-0.4, -0.2) is 28.5 Å². The number of carboxylic acids is 1. The molecule has 0 aromatic carbocycles. The van der Waals surface area contributed by atoms with Crippen molar-refractivity contribution in [1.29, 1.82) is 0 Å². The molecule has 0 saturated carbocycles. The lowest BCUT2D eigenvalue weighted by atomic mass is 9.96. The Kier molecular flexibility index (Phi) is 7.22. The molecule has 0 spiro atoms. The molecule has 0 aliphatic heterocycles. The molecule has 1 aromatic rings. The maximum absolute atomic E-state index is 11.9. The van der Waals surface area contributed by atoms with Gasteiger partial charge in [0.2, 0.25) is 0 Å². The molecular weight excluding hydrogens is 324 g/mol. The molecule has 0 saturated heterocycles. The molecule has 0 aliphatic rings. The van der Waals surface area contributed by atoms with Crippen molar-refractivity contribution < 1.29 is 14.7 Å². The SMILES string of the molecule is CCC(CCNC(=O)c1cccnc1Br)CCC(=O)O. The lowest BCUT2D eigenvalue weighted by molar-refractivity contribution is -0.137. The van der Waals surface area contributed by atoms with Crippen LogP contribution in [0.5, 0.6) is 0 Å². The van der Waals surface area contributed by atoms with Gasteiger partial charge in [0.15, 0.2) is 0 Å². The van der Waals surface area contributed by atoms with E-state index in [4.69, 9.17) is 5.11 Å². The van der Waals surface area contributed by atoms with Crippen LogP contribution in [0.1, 0.15) is 43.0 Å². The maximum Gasteiger partial charge on any atom is 0.303 e. The van der Waals surface area contributed by atoms with Crippen molar-refractivity contribution in [3.8, 4) is 0 Å². The summed E-state index contributed by atoms with van der Waals surface area (Å²) < 4.78 is 0.524. The molecule has 1 amide bonds. The number of aromatic nitrogens is 1. The maximum atomic E-state index is 11.9. The number of amides is 1. The first-order valence-electron chi connectivity index (χ1n) is 6.65. The van der Waals surface area contributed by atoms with Crippen LogP contribution in [0, 0.1) is 5.92 Å². The molecule has 1 atom stereocenters. The van der Waals surface area contributed by atoms with E-state index in [1.807, 2.05) is 6.92 Å². The Bertz CT molecular complexity index is 465. The van der Waals surface area contributed by atoms with Gasteiger partial charge in [0.25, 0.3) is 5.91 Å². The normalized spacial score (nSPS) is 11.9. The van der Waals surface area contributed by atoms with Crippen molar-refractivity contribution in [1.82, 2.24) is 10.3 Å². The van der Waals surface area contributed by atoms with Crippen molar-refractivity contribution in [3.63, 3.8) is 0 Å². The van der Waals surface area contributed by atoms with E-state index in [1.165, 1.54) is 0 Å². The van der Waals surface area contributed by atoms with Crippen molar-refractivity contribution >= 4 is 27.8 Å². The third-order valence-electron chi connectivity index (χ3n) is 3.19. The highest BCUT2D eigenvalue weighted by molar-refractivity contribution is 9.10. The number of hydrogen-bond donors (Lipinski definition) is 2. The quantitative estimate of drug-likeness (QED) is 0.712. The van der Waals surface area contributed by atoms with E-state index in [-0.39, 0.29) is 12.3 Å². The number of rotatable bonds is 8. The van der Waals surface area contributed by atoms with Gasteiger partial charge in [0.05, 0.1) is 5.56 Å². The molecule has 0 bridgehead atoms. The van der Waals surface area contributed by atoms with Crippen molar-refractivity contribution in [2.75, 3.05) is 6.54 Å². The number of pyridine rings is 1. The molecule has 20 heavy (non-hydrogen) atoms. The summed E-state index contributed by atoms with van der Waals surface area (Å²) in [6, 6.07) is 3.41. The van der Waals surface area contributed by atoms with Crippen molar-refractivity contribution in [3.05, 3.63) is 28.5 Å². The van der Waals surface area contributed by atoms with Gasteiger partial charge < -0.3 is 10.4 Å². The van der Waals surface area contributed by atoms with E-state index in [9.17, 15) is 9.59 Å². The first-order chi connectivity index (χ1) is 9.54. The van der Waals surface area contributed by atoms with Crippen LogP contribution < -0.4 is 5.32 Å². The molecule has 5 nitrogen and oxygen atoms in total. The van der Waals surface area contributed by atoms with Gasteiger partial charge in [-0.25, -0.2) is 4.98 Å². The average molecular weight is 343 g/mol. The zero-order chi connectivity index (χ0) is 15.0. The van der Waals surface area contributed by atoms with E-state index in [0.717, 1.165) is 12.8 Å². The lowest BCUT2D eigenvalue weighted by Crippen LogP contribution is -2.26. The van der Waals surface area contributed by atoms with Crippen molar-refractivity contribution in [2.45, 2.75) is 32.6 Å². The Balaban J connectivity index is 2.37. The Labute approximate surface area is 126 Å². The standard InChI is InChI=1S/C14H19BrN2O3/c1-2-10(5-6-12(18)19)7-9-17-14(20)11-4-3-8-16-13(11)15/h3-4,8,10H,2,5-7,9H2,1H3,(H,17,20)(H,18,19). The summed E-state index contributed by atoms with van der Waals surface area (Å²) in [6.45, 7) is 2.57. The van der Waals surface area contributed by atoms with E-state index >= 15 is 0 Å². The van der Waals surface area contributed by atoms with Crippen molar-refractivity contribution in [2.24, 2.45) is 5.92 Å². The number of nitrogens with zero attached hydrogens (tertiary/aromatic N) is 1. The molecule has 110 valence electrons. The topological polar surface area (TPSA) is 79.3 Å². The summed E-state index contributed by atoms with van der Waals surface area (Å²) in [5.74, 6) is -0.617. The molecule has 0 radical (unpaired) electrons. The largest absolute Gasteiger partial charge is 0.481 e. The highest BCUT2D eigenvalue weighted by Crippen LogP contribution is 2.15. The molecule has 1 heterocycles. The molecule has 1 rings (SSSR count). The van der Waals surface area contributed by atoms with Crippen LogP contribution in [0.15, 0.2) is 22.9 Å². The third kappa shape index (κ3) is 5.69. The number of carbonyl (C=O) groups is 2. The molecule has 1 unspecified atom stereocenters. The van der Waals surface area contributed by atoms with E-state index < -0.39 is 5.97 Å². The molecule has 6 heteroatoms. The Morgan fingerprint density at radius 3 is 2.80 bits per heavy atom. The van der Waals surface area contributed by atoms with Gasteiger partial charge in [-0.2, -0.15) is 0 Å². The van der Waals surface area contributed by atoms with E-state index in [0.29, 0.717) is 29.1 Å². The van der Waals surface area contributed by atoms with Gasteiger partial charge in [-0.1, -0.05) is 13.3 Å². The number of aliphatic carboxylic acids is 1. The summed E-state index contributed by atoms with van der Waals surface area (Å²) in [5, 5.41) is 11.5. The summed E-state index contributed by atoms with van der Waals surface area (Å²) in [4.78, 5) is 26.5. The minimum absolute atomic E-state index is 0.168. The van der Waals surface area contributed by atoms with Crippen LogP contribution in [0.4, 0.5) is 0 Å². The highest BCUT2D eigenvalue weighted by atomic mass is 79.9. The fraction of sp³-hybridized carbons (Fsp3) is 0.500. The monoisotopic (exact) mass is 342 g/mol. The summed E-state index contributed by atoms with van der Waals surface area (Å²) in [6.07, 6.45) is 4.14. The minimum Gasteiger partial charge on any atom is -0.481 e. The summed E-state index contributed by atoms with van der Waals surface area (Å²) in [7, 11) is 0. The molecule has 2 N–H and O–H groups in total. The first-order valence-corrected chi connectivity index (χ1v) is 7.44. The van der Waals surface area contributed by atoms with Gasteiger partial charge in [0, 0.05) is 19.2 Å². The number of hydrogen-bond acceptors (Lipinski definition) is 3. The fourth-order valence-electron chi connectivity index (χ4n) is 1.92. The third-order valence-corrected chi connectivity index (χ3v) is 3.82. The smallest absolute Gasteiger partial charge is 0.303 e. The molecular formula is C14H19BrN2O3. The second-order valence-corrected chi connectivity index (χ2v) is 5.34. The predicted molar refractivity (Wildman–Crippen MR) is 79.5 cm³/mol. The van der Waals surface area contributed by atoms with Crippen LogP contribution in [0.2, 0.25) is 0 Å². The zero-order valence-electron chi connectivity index (χ0n) is 11.4. The highest BCUT2D eigenvalue weighted by Gasteiger charge is 2.12. The van der Waals surface area contributed by atoms with Crippen LogP contribution in [0.3, 0.4) is 0 Å². The van der Waals surface area contributed by atoms with E-state index in [2.05, 4.69) is 26.2 Å². The molecule has 0 aliphatic carbocycles. The van der Waals surface area contributed by atoms with Crippen LogP contribution in [-0.2, 0) is 4.79 Å². The Morgan fingerprint density at radius 2 is 2.20 bits per heavy atom. The molecule has 1 aromatic heterocycles. The number of halogens is 1. The van der Waals surface area contributed by atoms with Crippen LogP contribution in [0.25, 0.3) is 0 Å². The number of carboxylic acid groups (broad SMARTS) is 1.